The van der Waals surface area contributed by atoms with Gasteiger partial charge < -0.3 is 10.7 Å². The number of benzene rings is 1. The minimum Gasteiger partial charge on any atom is -0.341 e. The van der Waals surface area contributed by atoms with Crippen LogP contribution >= 0.6 is 0 Å². The van der Waals surface area contributed by atoms with Gasteiger partial charge in [-0.1, -0.05) is 26.8 Å². The van der Waals surface area contributed by atoms with E-state index in [1.54, 1.807) is 0 Å². The first-order chi connectivity index (χ1) is 7.56. The van der Waals surface area contributed by atoms with Crippen molar-refractivity contribution in [3.05, 3.63) is 29.6 Å². The van der Waals surface area contributed by atoms with E-state index in [-0.39, 0.29) is 5.41 Å². The van der Waals surface area contributed by atoms with Crippen molar-refractivity contribution in [1.29, 1.82) is 0 Å². The molecule has 0 saturated carbocycles. The number of aryl methyl sites for hydroxylation is 1. The first kappa shape index (κ1) is 11.1. The van der Waals surface area contributed by atoms with Crippen LogP contribution < -0.4 is 5.73 Å². The lowest BCUT2D eigenvalue weighted by Gasteiger charge is -2.18. The van der Waals surface area contributed by atoms with E-state index in [9.17, 15) is 0 Å². The molecule has 3 heteroatoms. The molecule has 0 fully saturated rings. The minimum absolute atomic E-state index is 0.0919. The molecule has 1 heterocycles. The topological polar surface area (TPSA) is 54.7 Å². The van der Waals surface area contributed by atoms with Crippen molar-refractivity contribution in [3.63, 3.8) is 0 Å². The van der Waals surface area contributed by atoms with Crippen molar-refractivity contribution in [3.8, 4) is 0 Å². The number of H-pyrrole nitrogens is 1. The number of rotatable bonds is 3. The summed E-state index contributed by atoms with van der Waals surface area (Å²) in [7, 11) is 0. The zero-order valence-electron chi connectivity index (χ0n) is 10.2. The van der Waals surface area contributed by atoms with Crippen molar-refractivity contribution in [1.82, 2.24) is 9.97 Å². The zero-order valence-corrected chi connectivity index (χ0v) is 10.2. The molecule has 86 valence electrons. The SMILES string of the molecule is CCc1ccc2nc(C(C)(C)CN)[nH]c2c1. The second kappa shape index (κ2) is 3.91. The normalized spacial score (nSPS) is 12.2. The molecule has 3 nitrogen and oxygen atoms in total. The van der Waals surface area contributed by atoms with Gasteiger partial charge in [-0.2, -0.15) is 0 Å². The highest BCUT2D eigenvalue weighted by Crippen LogP contribution is 2.22. The monoisotopic (exact) mass is 217 g/mol. The van der Waals surface area contributed by atoms with E-state index in [0.29, 0.717) is 6.54 Å². The maximum absolute atomic E-state index is 5.76. The number of fused-ring (bicyclic) bond motifs is 1. The standard InChI is InChI=1S/C13H19N3/c1-4-9-5-6-10-11(7-9)16-12(15-10)13(2,3)8-14/h5-7H,4,8,14H2,1-3H3,(H,15,16). The highest BCUT2D eigenvalue weighted by molar-refractivity contribution is 5.76. The lowest BCUT2D eigenvalue weighted by Crippen LogP contribution is -2.29. The van der Waals surface area contributed by atoms with Crippen molar-refractivity contribution in [2.45, 2.75) is 32.6 Å². The van der Waals surface area contributed by atoms with Crippen molar-refractivity contribution >= 4 is 11.0 Å². The maximum atomic E-state index is 5.76. The van der Waals surface area contributed by atoms with E-state index in [1.807, 2.05) is 0 Å². The minimum atomic E-state index is -0.0919. The van der Waals surface area contributed by atoms with Crippen LogP contribution in [0.1, 0.15) is 32.2 Å². The highest BCUT2D eigenvalue weighted by atomic mass is 14.9. The fraction of sp³-hybridized carbons (Fsp3) is 0.462. The Balaban J connectivity index is 2.52. The predicted molar refractivity (Wildman–Crippen MR) is 67.6 cm³/mol. The summed E-state index contributed by atoms with van der Waals surface area (Å²) in [5, 5.41) is 0. The van der Waals surface area contributed by atoms with Gasteiger partial charge >= 0.3 is 0 Å². The molecule has 1 aromatic carbocycles. The maximum Gasteiger partial charge on any atom is 0.114 e. The van der Waals surface area contributed by atoms with Gasteiger partial charge in [0, 0.05) is 12.0 Å². The summed E-state index contributed by atoms with van der Waals surface area (Å²) in [4.78, 5) is 7.97. The first-order valence-corrected chi connectivity index (χ1v) is 5.76. The van der Waals surface area contributed by atoms with Crippen LogP contribution in [0.25, 0.3) is 11.0 Å². The van der Waals surface area contributed by atoms with Crippen LogP contribution in [0.5, 0.6) is 0 Å². The third-order valence-electron chi connectivity index (χ3n) is 3.11. The number of nitrogens with zero attached hydrogens (tertiary/aromatic N) is 1. The number of hydrogen-bond acceptors (Lipinski definition) is 2. The van der Waals surface area contributed by atoms with Crippen molar-refractivity contribution in [2.75, 3.05) is 6.54 Å². The molecule has 16 heavy (non-hydrogen) atoms. The van der Waals surface area contributed by atoms with Gasteiger partial charge in [0.2, 0.25) is 0 Å². The molecule has 0 aliphatic rings. The fourth-order valence-corrected chi connectivity index (χ4v) is 1.69. The predicted octanol–water partition coefficient (Wildman–Crippen LogP) is 2.36. The molecule has 0 spiro atoms. The van der Waals surface area contributed by atoms with Crippen LogP contribution in [-0.2, 0) is 11.8 Å². The van der Waals surface area contributed by atoms with E-state index in [2.05, 4.69) is 48.9 Å². The van der Waals surface area contributed by atoms with E-state index < -0.39 is 0 Å². The number of nitrogens with two attached hydrogens (primary N) is 1. The van der Waals surface area contributed by atoms with Crippen LogP contribution in [0.4, 0.5) is 0 Å². The van der Waals surface area contributed by atoms with Gasteiger partial charge in [-0.05, 0) is 24.1 Å². The van der Waals surface area contributed by atoms with Crippen molar-refractivity contribution < 1.29 is 0 Å². The number of nitrogens with one attached hydrogen (secondary N) is 1. The molecule has 0 bridgehead atoms. The van der Waals surface area contributed by atoms with Crippen molar-refractivity contribution in [2.24, 2.45) is 5.73 Å². The Bertz CT molecular complexity index is 497. The molecule has 0 unspecified atom stereocenters. The average molecular weight is 217 g/mol. The third-order valence-corrected chi connectivity index (χ3v) is 3.11. The highest BCUT2D eigenvalue weighted by Gasteiger charge is 2.22. The third kappa shape index (κ3) is 1.83. The summed E-state index contributed by atoms with van der Waals surface area (Å²) in [5.74, 6) is 0.971. The Morgan fingerprint density at radius 3 is 2.75 bits per heavy atom. The molecule has 0 amide bonds. The zero-order chi connectivity index (χ0) is 11.8. The second-order valence-electron chi connectivity index (χ2n) is 4.88. The molecule has 0 saturated heterocycles. The first-order valence-electron chi connectivity index (χ1n) is 5.76. The molecule has 0 aliphatic carbocycles. The van der Waals surface area contributed by atoms with Crippen LogP contribution in [0, 0.1) is 0 Å². The molecule has 2 rings (SSSR count). The Morgan fingerprint density at radius 2 is 2.12 bits per heavy atom. The van der Waals surface area contributed by atoms with Gasteiger partial charge in [-0.3, -0.25) is 0 Å². The Morgan fingerprint density at radius 1 is 1.38 bits per heavy atom. The quantitative estimate of drug-likeness (QED) is 0.829. The number of aromatic nitrogens is 2. The Hall–Kier alpha value is -1.35. The van der Waals surface area contributed by atoms with E-state index in [4.69, 9.17) is 5.73 Å². The van der Waals surface area contributed by atoms with Crippen LogP contribution in [0.2, 0.25) is 0 Å². The summed E-state index contributed by atoms with van der Waals surface area (Å²) >= 11 is 0. The smallest absolute Gasteiger partial charge is 0.114 e. The summed E-state index contributed by atoms with van der Waals surface area (Å²) in [6, 6.07) is 6.36. The summed E-state index contributed by atoms with van der Waals surface area (Å²) in [6.45, 7) is 6.95. The Kier molecular flexibility index (Phi) is 2.72. The molecular formula is C13H19N3. The lowest BCUT2D eigenvalue weighted by atomic mass is 9.93. The van der Waals surface area contributed by atoms with Gasteiger partial charge in [0.05, 0.1) is 11.0 Å². The lowest BCUT2D eigenvalue weighted by molar-refractivity contribution is 0.509. The number of imidazole rings is 1. The van der Waals surface area contributed by atoms with Gasteiger partial charge in [0.15, 0.2) is 0 Å². The van der Waals surface area contributed by atoms with E-state index in [0.717, 1.165) is 23.3 Å². The second-order valence-corrected chi connectivity index (χ2v) is 4.88. The molecule has 0 aliphatic heterocycles. The Labute approximate surface area is 96.1 Å². The van der Waals surface area contributed by atoms with Gasteiger partial charge in [-0.25, -0.2) is 4.98 Å². The van der Waals surface area contributed by atoms with E-state index in [1.165, 1.54) is 5.56 Å². The molecule has 0 radical (unpaired) electrons. The van der Waals surface area contributed by atoms with Gasteiger partial charge in [-0.15, -0.1) is 0 Å². The molecule has 0 atom stereocenters. The van der Waals surface area contributed by atoms with Crippen LogP contribution in [0.15, 0.2) is 18.2 Å². The molecule has 2 aromatic rings. The largest absolute Gasteiger partial charge is 0.341 e. The van der Waals surface area contributed by atoms with Crippen LogP contribution in [-0.4, -0.2) is 16.5 Å². The summed E-state index contributed by atoms with van der Waals surface area (Å²) in [5.41, 5.74) is 9.12. The van der Waals surface area contributed by atoms with Gasteiger partial charge in [0.25, 0.3) is 0 Å². The summed E-state index contributed by atoms with van der Waals surface area (Å²) < 4.78 is 0. The number of hydrogen-bond donors (Lipinski definition) is 2. The molecule has 3 N–H and O–H groups in total. The number of aromatic amines is 1. The summed E-state index contributed by atoms with van der Waals surface area (Å²) in [6.07, 6.45) is 1.05. The van der Waals surface area contributed by atoms with Crippen LogP contribution in [0.3, 0.4) is 0 Å². The average Bonchev–Trinajstić information content (AvgIpc) is 2.72. The van der Waals surface area contributed by atoms with E-state index >= 15 is 0 Å². The molecular weight excluding hydrogens is 198 g/mol. The van der Waals surface area contributed by atoms with Gasteiger partial charge in [0.1, 0.15) is 5.82 Å². The molecule has 1 aromatic heterocycles. The fourth-order valence-electron chi connectivity index (χ4n) is 1.69.